The molecule has 0 bridgehead atoms. The van der Waals surface area contributed by atoms with Crippen LogP contribution >= 0.6 is 11.6 Å². The van der Waals surface area contributed by atoms with E-state index in [0.717, 1.165) is 5.56 Å². The lowest BCUT2D eigenvalue weighted by atomic mass is 10.1. The zero-order chi connectivity index (χ0) is 20.1. The predicted octanol–water partition coefficient (Wildman–Crippen LogP) is 2.85. The summed E-state index contributed by atoms with van der Waals surface area (Å²) in [6, 6.07) is 12.1. The largest absolute Gasteiger partial charge is 0.343 e. The van der Waals surface area contributed by atoms with Crippen molar-refractivity contribution in [2.75, 3.05) is 6.54 Å². The molecule has 2 N–H and O–H groups in total. The highest BCUT2D eigenvalue weighted by molar-refractivity contribution is 6.30. The number of carbonyl (C=O) groups excluding carboxylic acids is 2. The van der Waals surface area contributed by atoms with Gasteiger partial charge in [0, 0.05) is 24.5 Å². The molecule has 3 rings (SSSR count). The Morgan fingerprint density at radius 2 is 1.89 bits per heavy atom. The van der Waals surface area contributed by atoms with E-state index in [9.17, 15) is 14.0 Å². The molecule has 0 saturated carbocycles. The van der Waals surface area contributed by atoms with E-state index in [0.29, 0.717) is 10.8 Å². The lowest BCUT2D eigenvalue weighted by molar-refractivity contribution is -0.120. The molecule has 0 aliphatic heterocycles. The third-order valence-electron chi connectivity index (χ3n) is 4.15. The molecule has 2 aromatic carbocycles. The summed E-state index contributed by atoms with van der Waals surface area (Å²) in [4.78, 5) is 28.8. The molecule has 8 heteroatoms. The van der Waals surface area contributed by atoms with E-state index in [2.05, 4.69) is 15.6 Å². The summed E-state index contributed by atoms with van der Waals surface area (Å²) in [6.07, 6.45) is 3.40. The third-order valence-corrected chi connectivity index (χ3v) is 4.41. The van der Waals surface area contributed by atoms with Crippen LogP contribution in [0.2, 0.25) is 5.02 Å². The number of carbonyl (C=O) groups is 2. The molecule has 0 fully saturated rings. The third kappa shape index (κ3) is 4.55. The first-order valence-electron chi connectivity index (χ1n) is 8.50. The summed E-state index contributed by atoms with van der Waals surface area (Å²) in [5.74, 6) is -1.12. The molecule has 0 radical (unpaired) electrons. The first-order chi connectivity index (χ1) is 13.5. The fourth-order valence-corrected chi connectivity index (χ4v) is 2.85. The van der Waals surface area contributed by atoms with E-state index in [1.807, 2.05) is 7.05 Å². The molecule has 0 saturated heterocycles. The van der Waals surface area contributed by atoms with Crippen LogP contribution in [0.25, 0.3) is 0 Å². The van der Waals surface area contributed by atoms with Crippen LogP contribution in [0.3, 0.4) is 0 Å². The molecule has 144 valence electrons. The van der Waals surface area contributed by atoms with Gasteiger partial charge in [0.2, 0.25) is 5.91 Å². The smallest absolute Gasteiger partial charge is 0.254 e. The molecule has 6 nitrogen and oxygen atoms in total. The van der Waals surface area contributed by atoms with Gasteiger partial charge in [-0.1, -0.05) is 35.9 Å². The van der Waals surface area contributed by atoms with Crippen molar-refractivity contribution in [3.63, 3.8) is 0 Å². The lowest BCUT2D eigenvalue weighted by Gasteiger charge is -2.19. The Morgan fingerprint density at radius 3 is 2.54 bits per heavy atom. The number of imidazole rings is 1. The Hall–Kier alpha value is -3.19. The maximum Gasteiger partial charge on any atom is 0.254 e. The van der Waals surface area contributed by atoms with Gasteiger partial charge in [-0.05, 0) is 29.8 Å². The monoisotopic (exact) mass is 400 g/mol. The molecule has 1 aromatic heterocycles. The average molecular weight is 401 g/mol. The fourth-order valence-electron chi connectivity index (χ4n) is 2.72. The Labute approximate surface area is 166 Å². The number of halogens is 2. The molecule has 1 heterocycles. The second-order valence-electron chi connectivity index (χ2n) is 6.11. The number of aromatic nitrogens is 2. The zero-order valence-corrected chi connectivity index (χ0v) is 15.8. The van der Waals surface area contributed by atoms with Gasteiger partial charge < -0.3 is 15.2 Å². The first kappa shape index (κ1) is 19.6. The van der Waals surface area contributed by atoms with Crippen molar-refractivity contribution in [1.82, 2.24) is 20.2 Å². The number of amides is 2. The van der Waals surface area contributed by atoms with Gasteiger partial charge in [0.25, 0.3) is 5.91 Å². The van der Waals surface area contributed by atoms with Gasteiger partial charge in [0.05, 0.1) is 12.1 Å². The Kier molecular flexibility index (Phi) is 6.06. The minimum absolute atomic E-state index is 0.117. The van der Waals surface area contributed by atoms with Crippen molar-refractivity contribution >= 4 is 23.4 Å². The minimum Gasteiger partial charge on any atom is -0.343 e. The second kappa shape index (κ2) is 8.67. The van der Waals surface area contributed by atoms with Crippen LogP contribution in [0, 0.1) is 5.82 Å². The van der Waals surface area contributed by atoms with Gasteiger partial charge in [0.15, 0.2) is 0 Å². The number of nitrogens with one attached hydrogen (secondary N) is 2. The molecule has 0 spiro atoms. The number of rotatable bonds is 6. The van der Waals surface area contributed by atoms with Crippen molar-refractivity contribution in [2.24, 2.45) is 7.05 Å². The van der Waals surface area contributed by atoms with Gasteiger partial charge in [0.1, 0.15) is 17.7 Å². The molecular weight excluding hydrogens is 383 g/mol. The van der Waals surface area contributed by atoms with Crippen LogP contribution in [0.5, 0.6) is 0 Å². The summed E-state index contributed by atoms with van der Waals surface area (Å²) < 4.78 is 15.5. The first-order valence-corrected chi connectivity index (χ1v) is 8.88. The summed E-state index contributed by atoms with van der Waals surface area (Å²) in [5.41, 5.74) is 0.668. The topological polar surface area (TPSA) is 76.0 Å². The number of nitrogens with zero attached hydrogens (tertiary/aromatic N) is 2. The number of benzene rings is 2. The number of hydrogen-bond acceptors (Lipinski definition) is 3. The summed E-state index contributed by atoms with van der Waals surface area (Å²) >= 11 is 5.95. The highest BCUT2D eigenvalue weighted by Gasteiger charge is 2.21. The predicted molar refractivity (Wildman–Crippen MR) is 103 cm³/mol. The van der Waals surface area contributed by atoms with E-state index in [4.69, 9.17) is 11.6 Å². The molecule has 0 aliphatic carbocycles. The molecule has 28 heavy (non-hydrogen) atoms. The summed E-state index contributed by atoms with van der Waals surface area (Å²) in [7, 11) is 1.82. The highest BCUT2D eigenvalue weighted by Crippen LogP contribution is 2.22. The number of hydrogen-bond donors (Lipinski definition) is 2. The van der Waals surface area contributed by atoms with Crippen molar-refractivity contribution in [1.29, 1.82) is 0 Å². The van der Waals surface area contributed by atoms with Crippen LogP contribution in [-0.4, -0.2) is 27.9 Å². The van der Waals surface area contributed by atoms with Gasteiger partial charge >= 0.3 is 0 Å². The minimum atomic E-state index is -0.659. The molecular formula is C20H18ClFN4O2. The van der Waals surface area contributed by atoms with Crippen LogP contribution in [-0.2, 0) is 11.8 Å². The molecule has 1 unspecified atom stereocenters. The van der Waals surface area contributed by atoms with Crippen LogP contribution in [0.4, 0.5) is 4.39 Å². The average Bonchev–Trinajstić information content (AvgIpc) is 3.11. The maximum absolute atomic E-state index is 13.7. The molecule has 3 aromatic rings. The zero-order valence-electron chi connectivity index (χ0n) is 15.0. The van der Waals surface area contributed by atoms with Crippen LogP contribution in [0.1, 0.15) is 27.8 Å². The second-order valence-corrected chi connectivity index (χ2v) is 6.55. The number of aryl methyl sites for hydroxylation is 1. The molecule has 2 amide bonds. The maximum atomic E-state index is 13.7. The van der Waals surface area contributed by atoms with Gasteiger partial charge in [-0.15, -0.1) is 0 Å². The Bertz CT molecular complexity index is 988. The van der Waals surface area contributed by atoms with E-state index >= 15 is 0 Å². The Morgan fingerprint density at radius 1 is 1.18 bits per heavy atom. The quantitative estimate of drug-likeness (QED) is 0.668. The lowest BCUT2D eigenvalue weighted by Crippen LogP contribution is -2.39. The molecule has 1 atom stereocenters. The SMILES string of the molecule is Cn1ccnc1C(NC(=O)CNC(=O)c1ccccc1F)c1ccc(Cl)cc1. The molecule has 0 aliphatic rings. The van der Waals surface area contributed by atoms with E-state index in [1.54, 1.807) is 47.3 Å². The van der Waals surface area contributed by atoms with E-state index in [1.165, 1.54) is 18.2 Å². The van der Waals surface area contributed by atoms with Crippen molar-refractivity contribution < 1.29 is 14.0 Å². The van der Waals surface area contributed by atoms with Crippen molar-refractivity contribution in [2.45, 2.75) is 6.04 Å². The van der Waals surface area contributed by atoms with Crippen molar-refractivity contribution in [3.05, 3.63) is 88.7 Å². The van der Waals surface area contributed by atoms with Gasteiger partial charge in [-0.25, -0.2) is 9.37 Å². The van der Waals surface area contributed by atoms with E-state index < -0.39 is 23.7 Å². The normalized spacial score (nSPS) is 11.7. The fraction of sp³-hybridized carbons (Fsp3) is 0.150. The van der Waals surface area contributed by atoms with Gasteiger partial charge in [-0.2, -0.15) is 0 Å². The van der Waals surface area contributed by atoms with Gasteiger partial charge in [-0.3, -0.25) is 9.59 Å². The summed E-state index contributed by atoms with van der Waals surface area (Å²) in [6.45, 7) is -0.304. The standard InChI is InChI=1S/C20H18ClFN4O2/c1-26-11-10-23-19(26)18(13-6-8-14(21)9-7-13)25-17(27)12-24-20(28)15-4-2-3-5-16(15)22/h2-11,18H,12H2,1H3,(H,24,28)(H,25,27). The Balaban J connectivity index is 1.71. The van der Waals surface area contributed by atoms with Crippen molar-refractivity contribution in [3.8, 4) is 0 Å². The highest BCUT2D eigenvalue weighted by atomic mass is 35.5. The summed E-state index contributed by atoms with van der Waals surface area (Å²) in [5, 5.41) is 5.84. The van der Waals surface area contributed by atoms with Crippen LogP contribution in [0.15, 0.2) is 60.9 Å². The van der Waals surface area contributed by atoms with Crippen LogP contribution < -0.4 is 10.6 Å². The van der Waals surface area contributed by atoms with E-state index in [-0.39, 0.29) is 12.1 Å².